The van der Waals surface area contributed by atoms with E-state index in [1.54, 1.807) is 0 Å². The maximum absolute atomic E-state index is 10.4. The zero-order valence-electron chi connectivity index (χ0n) is 11.1. The van der Waals surface area contributed by atoms with Crippen LogP contribution < -0.4 is 5.32 Å². The van der Waals surface area contributed by atoms with Crippen LogP contribution in [0.4, 0.5) is 0 Å². The molecule has 0 aliphatic heterocycles. The average Bonchev–Trinajstić information content (AvgIpc) is 2.29. The van der Waals surface area contributed by atoms with Crippen LogP contribution in [0.15, 0.2) is 0 Å². The molecular weight excluding hydrogens is 198 g/mol. The van der Waals surface area contributed by atoms with Crippen LogP contribution >= 0.6 is 0 Å². The Morgan fingerprint density at radius 3 is 2.38 bits per heavy atom. The van der Waals surface area contributed by atoms with E-state index in [4.69, 9.17) is 0 Å². The van der Waals surface area contributed by atoms with E-state index >= 15 is 0 Å². The van der Waals surface area contributed by atoms with E-state index in [2.05, 4.69) is 19.2 Å². The van der Waals surface area contributed by atoms with Crippen molar-refractivity contribution in [2.24, 2.45) is 0 Å². The molecule has 0 atom stereocenters. The third-order valence-electron chi connectivity index (χ3n) is 3.90. The van der Waals surface area contributed by atoms with Crippen molar-refractivity contribution < 1.29 is 5.11 Å². The third kappa shape index (κ3) is 4.84. The standard InChI is InChI=1S/C14H29NO/c1-3-5-6-7-10-14(16)11-8-13(9-12-14)15-4-2/h13,15-16H,3-12H2,1-2H3. The van der Waals surface area contributed by atoms with Crippen molar-refractivity contribution in [2.45, 2.75) is 83.3 Å². The van der Waals surface area contributed by atoms with Crippen molar-refractivity contribution in [3.05, 3.63) is 0 Å². The average molecular weight is 227 g/mol. The number of aliphatic hydroxyl groups is 1. The summed E-state index contributed by atoms with van der Waals surface area (Å²) < 4.78 is 0. The van der Waals surface area contributed by atoms with Gasteiger partial charge in [-0.1, -0.05) is 39.5 Å². The molecule has 2 nitrogen and oxygen atoms in total. The SMILES string of the molecule is CCCCCCC1(O)CCC(NCC)CC1. The summed E-state index contributed by atoms with van der Waals surface area (Å²) in [5.74, 6) is 0. The summed E-state index contributed by atoms with van der Waals surface area (Å²) in [5.41, 5.74) is -0.334. The van der Waals surface area contributed by atoms with Crippen LogP contribution in [0, 0.1) is 0 Å². The molecule has 0 heterocycles. The molecule has 2 heteroatoms. The second-order valence-corrected chi connectivity index (χ2v) is 5.37. The largest absolute Gasteiger partial charge is 0.390 e. The van der Waals surface area contributed by atoms with E-state index in [-0.39, 0.29) is 5.60 Å². The molecule has 1 saturated carbocycles. The molecule has 1 rings (SSSR count). The predicted molar refractivity (Wildman–Crippen MR) is 69.6 cm³/mol. The Balaban J connectivity index is 2.16. The topological polar surface area (TPSA) is 32.3 Å². The minimum absolute atomic E-state index is 0.334. The molecule has 96 valence electrons. The highest BCUT2D eigenvalue weighted by Gasteiger charge is 2.31. The van der Waals surface area contributed by atoms with Gasteiger partial charge in [-0.05, 0) is 38.6 Å². The molecule has 0 amide bonds. The molecule has 16 heavy (non-hydrogen) atoms. The van der Waals surface area contributed by atoms with Gasteiger partial charge >= 0.3 is 0 Å². The first-order valence-electron chi connectivity index (χ1n) is 7.16. The van der Waals surface area contributed by atoms with Gasteiger partial charge in [0.15, 0.2) is 0 Å². The number of rotatable bonds is 7. The first-order chi connectivity index (χ1) is 7.70. The molecule has 0 aromatic heterocycles. The summed E-state index contributed by atoms with van der Waals surface area (Å²) in [4.78, 5) is 0. The lowest BCUT2D eigenvalue weighted by Crippen LogP contribution is -2.41. The van der Waals surface area contributed by atoms with Crippen molar-refractivity contribution in [1.82, 2.24) is 5.32 Å². The van der Waals surface area contributed by atoms with Gasteiger partial charge in [0.1, 0.15) is 0 Å². The van der Waals surface area contributed by atoms with E-state index < -0.39 is 0 Å². The van der Waals surface area contributed by atoms with Crippen LogP contribution in [0.3, 0.4) is 0 Å². The predicted octanol–water partition coefficient (Wildman–Crippen LogP) is 3.24. The van der Waals surface area contributed by atoms with Crippen LogP contribution in [0.1, 0.15) is 71.6 Å². The van der Waals surface area contributed by atoms with Gasteiger partial charge in [-0.25, -0.2) is 0 Å². The van der Waals surface area contributed by atoms with E-state index in [0.29, 0.717) is 6.04 Å². The molecular formula is C14H29NO. The lowest BCUT2D eigenvalue weighted by atomic mass is 9.79. The van der Waals surface area contributed by atoms with Crippen molar-refractivity contribution in [1.29, 1.82) is 0 Å². The van der Waals surface area contributed by atoms with Crippen molar-refractivity contribution in [2.75, 3.05) is 6.54 Å². The molecule has 1 aliphatic rings. The Hall–Kier alpha value is -0.0800. The Kier molecular flexibility index (Phi) is 6.37. The van der Waals surface area contributed by atoms with Gasteiger partial charge < -0.3 is 10.4 Å². The van der Waals surface area contributed by atoms with Gasteiger partial charge in [0.25, 0.3) is 0 Å². The fourth-order valence-corrected chi connectivity index (χ4v) is 2.78. The smallest absolute Gasteiger partial charge is 0.0649 e. The van der Waals surface area contributed by atoms with Crippen LogP contribution in [-0.4, -0.2) is 23.3 Å². The van der Waals surface area contributed by atoms with Crippen molar-refractivity contribution in [3.63, 3.8) is 0 Å². The zero-order chi connectivity index (χ0) is 11.9. The minimum Gasteiger partial charge on any atom is -0.390 e. The van der Waals surface area contributed by atoms with Gasteiger partial charge in [-0.2, -0.15) is 0 Å². The van der Waals surface area contributed by atoms with Crippen LogP contribution in [-0.2, 0) is 0 Å². The number of hydrogen-bond donors (Lipinski definition) is 2. The number of unbranched alkanes of at least 4 members (excludes halogenated alkanes) is 3. The monoisotopic (exact) mass is 227 g/mol. The first kappa shape index (κ1) is 14.0. The fourth-order valence-electron chi connectivity index (χ4n) is 2.78. The summed E-state index contributed by atoms with van der Waals surface area (Å²) >= 11 is 0. The van der Waals surface area contributed by atoms with Gasteiger partial charge in [-0.15, -0.1) is 0 Å². The third-order valence-corrected chi connectivity index (χ3v) is 3.90. The molecule has 0 spiro atoms. The van der Waals surface area contributed by atoms with Gasteiger partial charge in [-0.3, -0.25) is 0 Å². The van der Waals surface area contributed by atoms with Crippen molar-refractivity contribution >= 4 is 0 Å². The lowest BCUT2D eigenvalue weighted by Gasteiger charge is -2.36. The molecule has 0 aromatic carbocycles. The molecule has 0 radical (unpaired) electrons. The van der Waals surface area contributed by atoms with E-state index in [1.165, 1.54) is 25.7 Å². The Morgan fingerprint density at radius 1 is 1.12 bits per heavy atom. The fraction of sp³-hybridized carbons (Fsp3) is 1.00. The number of nitrogens with one attached hydrogen (secondary N) is 1. The normalized spacial score (nSPS) is 30.6. The Morgan fingerprint density at radius 2 is 1.81 bits per heavy atom. The van der Waals surface area contributed by atoms with Gasteiger partial charge in [0, 0.05) is 6.04 Å². The van der Waals surface area contributed by atoms with E-state index in [0.717, 1.165) is 38.6 Å². The summed E-state index contributed by atoms with van der Waals surface area (Å²) in [7, 11) is 0. The Bertz CT molecular complexity index is 168. The van der Waals surface area contributed by atoms with Crippen LogP contribution in [0.5, 0.6) is 0 Å². The number of hydrogen-bond acceptors (Lipinski definition) is 2. The zero-order valence-corrected chi connectivity index (χ0v) is 11.1. The Labute approximate surface area is 101 Å². The highest BCUT2D eigenvalue weighted by atomic mass is 16.3. The van der Waals surface area contributed by atoms with Crippen LogP contribution in [0.25, 0.3) is 0 Å². The summed E-state index contributed by atoms with van der Waals surface area (Å²) in [6.07, 6.45) is 10.4. The van der Waals surface area contributed by atoms with Gasteiger partial charge in [0.2, 0.25) is 0 Å². The lowest BCUT2D eigenvalue weighted by molar-refractivity contribution is -0.0128. The maximum Gasteiger partial charge on any atom is 0.0649 e. The molecule has 0 bridgehead atoms. The first-order valence-corrected chi connectivity index (χ1v) is 7.16. The molecule has 1 aliphatic carbocycles. The van der Waals surface area contributed by atoms with Gasteiger partial charge in [0.05, 0.1) is 5.60 Å². The molecule has 0 saturated heterocycles. The summed E-state index contributed by atoms with van der Waals surface area (Å²) in [6, 6.07) is 0.654. The summed E-state index contributed by atoms with van der Waals surface area (Å²) in [5, 5.41) is 13.9. The molecule has 0 unspecified atom stereocenters. The molecule has 1 fully saturated rings. The van der Waals surface area contributed by atoms with Crippen molar-refractivity contribution in [3.8, 4) is 0 Å². The quantitative estimate of drug-likeness (QED) is 0.654. The van der Waals surface area contributed by atoms with E-state index in [1.807, 2.05) is 0 Å². The highest BCUT2D eigenvalue weighted by Crippen LogP contribution is 2.32. The minimum atomic E-state index is -0.334. The maximum atomic E-state index is 10.4. The highest BCUT2D eigenvalue weighted by molar-refractivity contribution is 4.87. The molecule has 2 N–H and O–H groups in total. The second-order valence-electron chi connectivity index (χ2n) is 5.37. The van der Waals surface area contributed by atoms with Crippen LogP contribution in [0.2, 0.25) is 0 Å². The molecule has 0 aromatic rings. The summed E-state index contributed by atoms with van der Waals surface area (Å²) in [6.45, 7) is 5.45. The van der Waals surface area contributed by atoms with E-state index in [9.17, 15) is 5.11 Å². The second kappa shape index (κ2) is 7.29.